The molecule has 0 spiro atoms. The lowest BCUT2D eigenvalue weighted by atomic mass is 9.96. The van der Waals surface area contributed by atoms with E-state index in [1.165, 1.54) is 12.0 Å². The van der Waals surface area contributed by atoms with Gasteiger partial charge in [0.15, 0.2) is 10.7 Å². The normalized spacial score (nSPS) is 15.1. The topological polar surface area (TPSA) is 50.1 Å². The van der Waals surface area contributed by atoms with Crippen LogP contribution in [0.3, 0.4) is 0 Å². The molecule has 0 atom stereocenters. The molecule has 1 aliphatic heterocycles. The zero-order valence-corrected chi connectivity index (χ0v) is 19.3. The zero-order valence-electron chi connectivity index (χ0n) is 18.5. The van der Waals surface area contributed by atoms with Gasteiger partial charge in [-0.3, -0.25) is 9.20 Å². The van der Waals surface area contributed by atoms with Gasteiger partial charge in [0.25, 0.3) is 5.91 Å². The Balaban J connectivity index is 1.42. The number of carbonyl (C=O) groups excluding carboxylic acids is 1. The average Bonchev–Trinajstić information content (AvgIpc) is 3.39. The average molecular weight is 441 g/mol. The fourth-order valence-electron chi connectivity index (χ4n) is 4.15. The van der Waals surface area contributed by atoms with Gasteiger partial charge in [-0.15, -0.1) is 11.3 Å². The van der Waals surface area contributed by atoms with Crippen molar-refractivity contribution in [2.24, 2.45) is 5.92 Å². The molecular formula is C24H32N4O2S. The summed E-state index contributed by atoms with van der Waals surface area (Å²) in [5.41, 5.74) is 2.81. The highest BCUT2D eigenvalue weighted by Gasteiger charge is 2.24. The maximum absolute atomic E-state index is 13.3. The van der Waals surface area contributed by atoms with Gasteiger partial charge in [-0.1, -0.05) is 30.3 Å². The Morgan fingerprint density at radius 3 is 2.74 bits per heavy atom. The molecule has 0 radical (unpaired) electrons. The van der Waals surface area contributed by atoms with Crippen molar-refractivity contribution in [1.29, 1.82) is 0 Å². The molecule has 0 unspecified atom stereocenters. The van der Waals surface area contributed by atoms with Crippen LogP contribution >= 0.6 is 11.3 Å². The second-order valence-electron chi connectivity index (χ2n) is 8.51. The van der Waals surface area contributed by atoms with Gasteiger partial charge in [0.2, 0.25) is 0 Å². The summed E-state index contributed by atoms with van der Waals surface area (Å²) in [5.74, 6) is 0.743. The maximum atomic E-state index is 13.3. The highest BCUT2D eigenvalue weighted by Crippen LogP contribution is 2.22. The molecule has 1 amide bonds. The van der Waals surface area contributed by atoms with E-state index in [9.17, 15) is 4.79 Å². The number of rotatable bonds is 9. The van der Waals surface area contributed by atoms with Crippen LogP contribution in [0.25, 0.3) is 4.96 Å². The predicted molar refractivity (Wildman–Crippen MR) is 125 cm³/mol. The van der Waals surface area contributed by atoms with Gasteiger partial charge in [0.05, 0.1) is 5.69 Å². The van der Waals surface area contributed by atoms with Crippen LogP contribution in [0.1, 0.15) is 41.0 Å². The summed E-state index contributed by atoms with van der Waals surface area (Å²) in [6.07, 6.45) is 6.35. The molecule has 4 rings (SSSR count). The Kier molecular flexibility index (Phi) is 7.37. The minimum Gasteiger partial charge on any atom is -0.381 e. The second-order valence-corrected chi connectivity index (χ2v) is 9.38. The third-order valence-electron chi connectivity index (χ3n) is 6.17. The molecule has 0 N–H and O–H groups in total. The standard InChI is InChI=1S/C24H32N4O2S/c1-26(12-8-20-10-15-30-16-11-20)18-21-22(25-24-28(21)14-17-31-24)23(29)27(2)13-9-19-6-4-3-5-7-19/h3-7,14,17,20H,8-13,15-16,18H2,1-2H3. The molecule has 0 saturated carbocycles. The SMILES string of the molecule is CN(CCC1CCOCC1)Cc1c(C(=O)N(C)CCc2ccccc2)nc2sccn12. The second kappa shape index (κ2) is 10.4. The lowest BCUT2D eigenvalue weighted by molar-refractivity contribution is 0.0607. The van der Waals surface area contributed by atoms with E-state index in [-0.39, 0.29) is 5.91 Å². The van der Waals surface area contributed by atoms with Crippen molar-refractivity contribution in [3.63, 3.8) is 0 Å². The highest BCUT2D eigenvalue weighted by atomic mass is 32.1. The summed E-state index contributed by atoms with van der Waals surface area (Å²) < 4.78 is 7.55. The molecule has 1 aromatic carbocycles. The first-order valence-electron chi connectivity index (χ1n) is 11.1. The third-order valence-corrected chi connectivity index (χ3v) is 6.93. The number of amides is 1. The van der Waals surface area contributed by atoms with Gasteiger partial charge in [-0.25, -0.2) is 4.98 Å². The molecule has 7 heteroatoms. The van der Waals surface area contributed by atoms with Crippen molar-refractivity contribution in [2.75, 3.05) is 40.4 Å². The van der Waals surface area contributed by atoms with E-state index < -0.39 is 0 Å². The first-order valence-corrected chi connectivity index (χ1v) is 12.0. The van der Waals surface area contributed by atoms with E-state index >= 15 is 0 Å². The van der Waals surface area contributed by atoms with Crippen molar-refractivity contribution in [1.82, 2.24) is 19.2 Å². The van der Waals surface area contributed by atoms with Crippen LogP contribution in [-0.4, -0.2) is 65.5 Å². The summed E-state index contributed by atoms with van der Waals surface area (Å²) in [6, 6.07) is 10.3. The van der Waals surface area contributed by atoms with Gasteiger partial charge >= 0.3 is 0 Å². The number of carbonyl (C=O) groups is 1. The molecule has 0 bridgehead atoms. The monoisotopic (exact) mass is 440 g/mol. The minimum atomic E-state index is -0.000314. The quantitative estimate of drug-likeness (QED) is 0.505. The number of hydrogen-bond acceptors (Lipinski definition) is 5. The van der Waals surface area contributed by atoms with Gasteiger partial charge in [-0.05, 0) is 50.8 Å². The van der Waals surface area contributed by atoms with Crippen LogP contribution < -0.4 is 0 Å². The number of imidazole rings is 1. The van der Waals surface area contributed by atoms with E-state index in [1.807, 2.05) is 36.8 Å². The van der Waals surface area contributed by atoms with Crippen molar-refractivity contribution < 1.29 is 9.53 Å². The molecule has 1 aliphatic rings. The van der Waals surface area contributed by atoms with Crippen molar-refractivity contribution >= 4 is 22.2 Å². The largest absolute Gasteiger partial charge is 0.381 e. The van der Waals surface area contributed by atoms with Crippen molar-refractivity contribution in [3.8, 4) is 0 Å². The van der Waals surface area contributed by atoms with E-state index in [4.69, 9.17) is 9.72 Å². The number of ether oxygens (including phenoxy) is 1. The molecule has 3 aromatic rings. The Bertz CT molecular complexity index is 978. The fraction of sp³-hybridized carbons (Fsp3) is 0.500. The predicted octanol–water partition coefficient (Wildman–Crippen LogP) is 3.96. The fourth-order valence-corrected chi connectivity index (χ4v) is 4.88. The summed E-state index contributed by atoms with van der Waals surface area (Å²) >= 11 is 1.57. The number of benzene rings is 1. The number of aromatic nitrogens is 2. The van der Waals surface area contributed by atoms with E-state index in [0.29, 0.717) is 18.8 Å². The Hall–Kier alpha value is -2.22. The number of hydrogen-bond donors (Lipinski definition) is 0. The van der Waals surface area contributed by atoms with E-state index in [1.54, 1.807) is 16.2 Å². The van der Waals surface area contributed by atoms with E-state index in [2.05, 4.69) is 28.5 Å². The summed E-state index contributed by atoms with van der Waals surface area (Å²) in [6.45, 7) is 4.18. The first kappa shape index (κ1) is 22.0. The summed E-state index contributed by atoms with van der Waals surface area (Å²) in [7, 11) is 4.01. The number of likely N-dealkylation sites (N-methyl/N-ethyl adjacent to an activating group) is 1. The molecular weight excluding hydrogens is 408 g/mol. The molecule has 2 aromatic heterocycles. The smallest absolute Gasteiger partial charge is 0.274 e. The van der Waals surface area contributed by atoms with Gasteiger partial charge in [-0.2, -0.15) is 0 Å². The van der Waals surface area contributed by atoms with Crippen LogP contribution in [0.4, 0.5) is 0 Å². The third kappa shape index (κ3) is 5.53. The highest BCUT2D eigenvalue weighted by molar-refractivity contribution is 7.15. The molecule has 0 aliphatic carbocycles. The van der Waals surface area contributed by atoms with Crippen molar-refractivity contribution in [2.45, 2.75) is 32.2 Å². The van der Waals surface area contributed by atoms with Crippen LogP contribution in [0, 0.1) is 5.92 Å². The molecule has 166 valence electrons. The lowest BCUT2D eigenvalue weighted by Crippen LogP contribution is -2.31. The molecule has 31 heavy (non-hydrogen) atoms. The summed E-state index contributed by atoms with van der Waals surface area (Å²) in [4.78, 5) is 23.0. The van der Waals surface area contributed by atoms with Crippen LogP contribution in [-0.2, 0) is 17.7 Å². The Morgan fingerprint density at radius 1 is 1.19 bits per heavy atom. The van der Waals surface area contributed by atoms with Crippen LogP contribution in [0.2, 0.25) is 0 Å². The maximum Gasteiger partial charge on any atom is 0.274 e. The van der Waals surface area contributed by atoms with Gasteiger partial charge in [0, 0.05) is 44.9 Å². The number of fused-ring (bicyclic) bond motifs is 1. The van der Waals surface area contributed by atoms with Crippen molar-refractivity contribution in [3.05, 3.63) is 58.9 Å². The zero-order chi connectivity index (χ0) is 21.6. The molecule has 1 saturated heterocycles. The molecule has 1 fully saturated rings. The molecule has 3 heterocycles. The van der Waals surface area contributed by atoms with Gasteiger partial charge < -0.3 is 14.5 Å². The Labute approximate surface area is 188 Å². The molecule has 6 nitrogen and oxygen atoms in total. The van der Waals surface area contributed by atoms with Crippen LogP contribution in [0.15, 0.2) is 41.9 Å². The van der Waals surface area contributed by atoms with Gasteiger partial charge in [0.1, 0.15) is 0 Å². The van der Waals surface area contributed by atoms with Crippen LogP contribution in [0.5, 0.6) is 0 Å². The number of nitrogens with zero attached hydrogens (tertiary/aromatic N) is 4. The number of thiazole rings is 1. The minimum absolute atomic E-state index is 0.000314. The Morgan fingerprint density at radius 2 is 1.97 bits per heavy atom. The van der Waals surface area contributed by atoms with E-state index in [0.717, 1.165) is 55.6 Å². The first-order chi connectivity index (χ1) is 15.1. The lowest BCUT2D eigenvalue weighted by Gasteiger charge is -2.25. The summed E-state index contributed by atoms with van der Waals surface area (Å²) in [5, 5.41) is 2.03.